The first kappa shape index (κ1) is 10.3. The lowest BCUT2D eigenvalue weighted by molar-refractivity contribution is -0.369. The molecule has 0 aliphatic heterocycles. The van der Waals surface area contributed by atoms with E-state index in [9.17, 15) is 0 Å². The maximum atomic E-state index is 3.73. The van der Waals surface area contributed by atoms with Gasteiger partial charge in [0, 0.05) is 0 Å². The number of quaternary nitrogens is 1. The van der Waals surface area contributed by atoms with Gasteiger partial charge in [-0.25, -0.2) is 0 Å². The van der Waals surface area contributed by atoms with Crippen molar-refractivity contribution in [2.45, 2.75) is 20.3 Å². The lowest BCUT2D eigenvalue weighted by Gasteiger charge is -1.94. The van der Waals surface area contributed by atoms with E-state index >= 15 is 0 Å². The van der Waals surface area contributed by atoms with Crippen LogP contribution in [0, 0.1) is 5.92 Å². The van der Waals surface area contributed by atoms with Crippen LogP contribution in [-0.4, -0.2) is 6.54 Å². The Morgan fingerprint density at radius 1 is 1.43 bits per heavy atom. The average molecular weight is 124 g/mol. The topological polar surface area (TPSA) is 27.6 Å². The van der Waals surface area contributed by atoms with E-state index in [0.29, 0.717) is 0 Å². The lowest BCUT2D eigenvalue weighted by Crippen LogP contribution is -3.00. The van der Waals surface area contributed by atoms with Gasteiger partial charge in [0.25, 0.3) is 0 Å². The first-order chi connectivity index (χ1) is 2.77. The summed E-state index contributed by atoms with van der Waals surface area (Å²) >= 11 is 0. The minimum Gasteiger partial charge on any atom is -1.00 e. The van der Waals surface area contributed by atoms with E-state index in [-0.39, 0.29) is 12.4 Å². The summed E-state index contributed by atoms with van der Waals surface area (Å²) in [4.78, 5) is 0. The molecule has 46 valence electrons. The smallest absolute Gasteiger partial charge is 0.0742 e. The highest BCUT2D eigenvalue weighted by Crippen LogP contribution is 1.93. The molecule has 0 rings (SSSR count). The fourth-order valence-corrected chi connectivity index (χ4v) is 0.408. The Morgan fingerprint density at radius 3 is 1.86 bits per heavy atom. The van der Waals surface area contributed by atoms with Crippen molar-refractivity contribution in [2.75, 3.05) is 6.54 Å². The molecule has 0 bridgehead atoms. The molecular weight excluding hydrogens is 110 g/mol. The Kier molecular flexibility index (Phi) is 9.17. The van der Waals surface area contributed by atoms with E-state index in [0.717, 1.165) is 12.5 Å². The first-order valence-electron chi connectivity index (χ1n) is 2.56. The molecule has 0 spiro atoms. The van der Waals surface area contributed by atoms with Crippen LogP contribution >= 0.6 is 0 Å². The molecule has 0 fully saturated rings. The molecule has 2 heteroatoms. The molecule has 7 heavy (non-hydrogen) atoms. The Hall–Kier alpha value is 0.250. The second kappa shape index (κ2) is 6.25. The van der Waals surface area contributed by atoms with Gasteiger partial charge in [0.15, 0.2) is 0 Å². The monoisotopic (exact) mass is 123 g/mol. The maximum absolute atomic E-state index is 3.73. The maximum Gasteiger partial charge on any atom is 0.0742 e. The highest BCUT2D eigenvalue weighted by molar-refractivity contribution is 4.37. The number of halogens is 1. The summed E-state index contributed by atoms with van der Waals surface area (Å²) in [6, 6.07) is 0. The molecular formula is C5H14ClN. The predicted octanol–water partition coefficient (Wildman–Crippen LogP) is -2.72. The zero-order chi connectivity index (χ0) is 4.99. The van der Waals surface area contributed by atoms with Gasteiger partial charge in [0.1, 0.15) is 0 Å². The van der Waals surface area contributed by atoms with Gasteiger partial charge in [-0.1, -0.05) is 13.8 Å². The molecule has 0 atom stereocenters. The van der Waals surface area contributed by atoms with E-state index < -0.39 is 0 Å². The van der Waals surface area contributed by atoms with Gasteiger partial charge in [-0.15, -0.1) is 0 Å². The van der Waals surface area contributed by atoms with Gasteiger partial charge in [0.2, 0.25) is 0 Å². The summed E-state index contributed by atoms with van der Waals surface area (Å²) in [5.41, 5.74) is 3.73. The van der Waals surface area contributed by atoms with Crippen molar-refractivity contribution in [1.82, 2.24) is 0 Å². The standard InChI is InChI=1S/C5H13N.ClH/c1-5(2)3-4-6;/h5H,3-4,6H2,1-2H3;1H. The van der Waals surface area contributed by atoms with Gasteiger partial charge in [-0.2, -0.15) is 0 Å². The van der Waals surface area contributed by atoms with Crippen LogP contribution < -0.4 is 18.1 Å². The Balaban J connectivity index is 0. The van der Waals surface area contributed by atoms with Crippen molar-refractivity contribution in [3.05, 3.63) is 0 Å². The third-order valence-corrected chi connectivity index (χ3v) is 0.781. The number of hydrogen-bond donors (Lipinski definition) is 1. The fraction of sp³-hybridized carbons (Fsp3) is 1.00. The molecule has 0 aromatic carbocycles. The predicted molar refractivity (Wildman–Crippen MR) is 27.2 cm³/mol. The van der Waals surface area contributed by atoms with Gasteiger partial charge in [0.05, 0.1) is 6.54 Å². The number of hydrogen-bond acceptors (Lipinski definition) is 0. The first-order valence-corrected chi connectivity index (χ1v) is 2.56. The van der Waals surface area contributed by atoms with Crippen LogP contribution in [0.2, 0.25) is 0 Å². The molecule has 0 aromatic rings. The molecule has 0 heterocycles. The molecule has 0 aromatic heterocycles. The van der Waals surface area contributed by atoms with E-state index in [2.05, 4.69) is 19.6 Å². The summed E-state index contributed by atoms with van der Waals surface area (Å²) in [5.74, 6) is 0.836. The normalized spacial score (nSPS) is 8.57. The minimum absolute atomic E-state index is 0. The molecule has 0 aliphatic carbocycles. The van der Waals surface area contributed by atoms with Crippen molar-refractivity contribution in [1.29, 1.82) is 0 Å². The minimum atomic E-state index is 0. The molecule has 0 radical (unpaired) electrons. The molecule has 0 amide bonds. The van der Waals surface area contributed by atoms with Crippen LogP contribution in [0.1, 0.15) is 20.3 Å². The third kappa shape index (κ3) is 10.7. The Bertz CT molecular complexity index is 29.3. The summed E-state index contributed by atoms with van der Waals surface area (Å²) in [6.45, 7) is 5.51. The number of rotatable bonds is 2. The molecule has 0 saturated heterocycles. The van der Waals surface area contributed by atoms with Crippen LogP contribution in [-0.2, 0) is 0 Å². The van der Waals surface area contributed by atoms with E-state index in [4.69, 9.17) is 0 Å². The van der Waals surface area contributed by atoms with Gasteiger partial charge < -0.3 is 18.1 Å². The summed E-state index contributed by atoms with van der Waals surface area (Å²) in [7, 11) is 0. The van der Waals surface area contributed by atoms with E-state index in [1.165, 1.54) is 6.42 Å². The van der Waals surface area contributed by atoms with Crippen LogP contribution in [0.15, 0.2) is 0 Å². The second-order valence-electron chi connectivity index (χ2n) is 2.04. The average Bonchev–Trinajstić information content (AvgIpc) is 1.35. The van der Waals surface area contributed by atoms with E-state index in [1.54, 1.807) is 0 Å². The van der Waals surface area contributed by atoms with Crippen LogP contribution in [0.3, 0.4) is 0 Å². The summed E-state index contributed by atoms with van der Waals surface area (Å²) in [5, 5.41) is 0. The van der Waals surface area contributed by atoms with Gasteiger partial charge in [-0.05, 0) is 12.3 Å². The van der Waals surface area contributed by atoms with Crippen LogP contribution in [0.4, 0.5) is 0 Å². The largest absolute Gasteiger partial charge is 1.00 e. The van der Waals surface area contributed by atoms with Crippen molar-refractivity contribution in [3.63, 3.8) is 0 Å². The fourth-order valence-electron chi connectivity index (χ4n) is 0.408. The van der Waals surface area contributed by atoms with E-state index in [1.807, 2.05) is 0 Å². The van der Waals surface area contributed by atoms with Crippen molar-refractivity contribution < 1.29 is 18.1 Å². The highest BCUT2D eigenvalue weighted by atomic mass is 35.5. The quantitative estimate of drug-likeness (QED) is 0.413. The Labute approximate surface area is 51.7 Å². The molecule has 1 nitrogen and oxygen atoms in total. The zero-order valence-electron chi connectivity index (χ0n) is 5.08. The zero-order valence-corrected chi connectivity index (χ0v) is 5.83. The summed E-state index contributed by atoms with van der Waals surface area (Å²) in [6.07, 6.45) is 1.26. The Morgan fingerprint density at radius 2 is 1.86 bits per heavy atom. The van der Waals surface area contributed by atoms with Gasteiger partial charge in [-0.3, -0.25) is 0 Å². The van der Waals surface area contributed by atoms with Crippen molar-refractivity contribution in [3.8, 4) is 0 Å². The third-order valence-electron chi connectivity index (χ3n) is 0.781. The molecule has 0 aliphatic rings. The van der Waals surface area contributed by atoms with Crippen molar-refractivity contribution in [2.24, 2.45) is 5.92 Å². The van der Waals surface area contributed by atoms with Crippen LogP contribution in [0.5, 0.6) is 0 Å². The molecule has 0 unspecified atom stereocenters. The second-order valence-corrected chi connectivity index (χ2v) is 2.04. The lowest BCUT2D eigenvalue weighted by atomic mass is 10.1. The molecule has 3 N–H and O–H groups in total. The van der Waals surface area contributed by atoms with Gasteiger partial charge >= 0.3 is 0 Å². The molecule has 0 saturated carbocycles. The van der Waals surface area contributed by atoms with Crippen LogP contribution in [0.25, 0.3) is 0 Å². The van der Waals surface area contributed by atoms with Crippen molar-refractivity contribution >= 4 is 0 Å². The SMILES string of the molecule is CC(C)CC[NH3+].[Cl-]. The highest BCUT2D eigenvalue weighted by Gasteiger charge is 1.88. The summed E-state index contributed by atoms with van der Waals surface area (Å²) < 4.78 is 0.